The molecule has 18 heavy (non-hydrogen) atoms. The third-order valence-electron chi connectivity index (χ3n) is 2.72. The van der Waals surface area contributed by atoms with Crippen molar-refractivity contribution in [2.45, 2.75) is 0 Å². The molecule has 1 amide bonds. The Labute approximate surface area is 102 Å². The Morgan fingerprint density at radius 2 is 1.72 bits per heavy atom. The number of nitrogens with one attached hydrogen (secondary N) is 1. The summed E-state index contributed by atoms with van der Waals surface area (Å²) in [7, 11) is 3.02. The Hall–Kier alpha value is -2.57. The van der Waals surface area contributed by atoms with E-state index in [1.807, 2.05) is 0 Å². The second-order valence-electron chi connectivity index (χ2n) is 3.76. The maximum absolute atomic E-state index is 11.9. The number of hydrogen-bond acceptors (Lipinski definition) is 3. The van der Waals surface area contributed by atoms with Crippen LogP contribution in [0.5, 0.6) is 0 Å². The van der Waals surface area contributed by atoms with Crippen molar-refractivity contribution in [2.24, 2.45) is 14.1 Å². The minimum absolute atomic E-state index is 0.410. The molecule has 0 aliphatic carbocycles. The number of nitrogens with zero attached hydrogens (tertiary/aromatic N) is 3. The summed E-state index contributed by atoms with van der Waals surface area (Å²) in [5, 5.41) is 2.47. The number of anilines is 1. The quantitative estimate of drug-likeness (QED) is 0.740. The average Bonchev–Trinajstić information content (AvgIpc) is 2.55. The van der Waals surface area contributed by atoms with Gasteiger partial charge in [-0.1, -0.05) is 6.07 Å². The van der Waals surface area contributed by atoms with Gasteiger partial charge in [-0.2, -0.15) is 0 Å². The molecule has 1 aromatic carbocycles. The molecule has 0 aliphatic rings. The topological polar surface area (TPSA) is 78.0 Å². The summed E-state index contributed by atoms with van der Waals surface area (Å²) in [6.45, 7) is 0. The molecule has 0 aliphatic heterocycles. The van der Waals surface area contributed by atoms with Crippen molar-refractivity contribution >= 4 is 12.1 Å². The minimum atomic E-state index is -0.439. The molecule has 0 bridgehead atoms. The summed E-state index contributed by atoms with van der Waals surface area (Å²) in [6.07, 6.45) is 0.533. The number of amides is 1. The average molecular weight is 248 g/mol. The molecule has 0 radical (unpaired) electrons. The highest BCUT2D eigenvalue weighted by atomic mass is 16.2. The van der Waals surface area contributed by atoms with E-state index in [-0.39, 0.29) is 0 Å². The smallest absolute Gasteiger partial charge is 0.329 e. The summed E-state index contributed by atoms with van der Waals surface area (Å²) in [6, 6.07) is 6.49. The van der Waals surface area contributed by atoms with Crippen LogP contribution in [0.15, 0.2) is 33.9 Å². The Balaban J connectivity index is 2.66. The summed E-state index contributed by atoms with van der Waals surface area (Å²) < 4.78 is 3.46. The van der Waals surface area contributed by atoms with Crippen LogP contribution in [0, 0.1) is 0 Å². The van der Waals surface area contributed by atoms with Crippen LogP contribution < -0.4 is 16.7 Å². The molecule has 0 fully saturated rings. The van der Waals surface area contributed by atoms with E-state index in [9.17, 15) is 14.4 Å². The Bertz CT molecular complexity index is 674. The molecule has 2 rings (SSSR count). The van der Waals surface area contributed by atoms with E-state index in [2.05, 4.69) is 5.32 Å². The predicted octanol–water partition coefficient (Wildman–Crippen LogP) is -0.557. The summed E-state index contributed by atoms with van der Waals surface area (Å²) in [4.78, 5) is 34.2. The lowest BCUT2D eigenvalue weighted by Gasteiger charge is -2.02. The van der Waals surface area contributed by atoms with Gasteiger partial charge < -0.3 is 5.32 Å². The standard InChI is InChI=1S/C11H12N4O3/c1-13-10(17)15(11(18)14(13)2)9-5-3-4-8(6-9)12-7-16/h3-7H,1-2H3,(H,12,16). The van der Waals surface area contributed by atoms with Crippen molar-refractivity contribution in [3.63, 3.8) is 0 Å². The van der Waals surface area contributed by atoms with Gasteiger partial charge in [-0.05, 0) is 18.2 Å². The third-order valence-corrected chi connectivity index (χ3v) is 2.72. The number of hydrogen-bond donors (Lipinski definition) is 1. The lowest BCUT2D eigenvalue weighted by Crippen LogP contribution is -2.26. The molecule has 94 valence electrons. The van der Waals surface area contributed by atoms with Crippen molar-refractivity contribution < 1.29 is 4.79 Å². The normalized spacial score (nSPS) is 10.3. The van der Waals surface area contributed by atoms with Crippen LogP contribution in [-0.2, 0) is 18.9 Å². The molecule has 0 unspecified atom stereocenters. The zero-order valence-corrected chi connectivity index (χ0v) is 9.95. The molecular weight excluding hydrogens is 236 g/mol. The first-order chi connectivity index (χ1) is 8.56. The van der Waals surface area contributed by atoms with Gasteiger partial charge >= 0.3 is 11.4 Å². The van der Waals surface area contributed by atoms with Crippen molar-refractivity contribution in [1.82, 2.24) is 13.9 Å². The lowest BCUT2D eigenvalue weighted by molar-refractivity contribution is -0.105. The summed E-state index contributed by atoms with van der Waals surface area (Å²) >= 11 is 0. The van der Waals surface area contributed by atoms with Gasteiger partial charge in [0.15, 0.2) is 0 Å². The molecule has 0 spiro atoms. The summed E-state index contributed by atoms with van der Waals surface area (Å²) in [5.74, 6) is 0. The first kappa shape index (κ1) is 11.9. The highest BCUT2D eigenvalue weighted by Crippen LogP contribution is 2.11. The van der Waals surface area contributed by atoms with Crippen LogP contribution in [0.4, 0.5) is 5.69 Å². The Morgan fingerprint density at radius 1 is 1.11 bits per heavy atom. The highest BCUT2D eigenvalue weighted by Gasteiger charge is 2.12. The molecule has 0 atom stereocenters. The predicted molar refractivity (Wildman–Crippen MR) is 65.9 cm³/mol. The number of carbonyl (C=O) groups is 1. The van der Waals surface area contributed by atoms with E-state index in [4.69, 9.17) is 0 Å². The number of carbonyl (C=O) groups excluding carboxylic acids is 1. The lowest BCUT2D eigenvalue weighted by atomic mass is 10.3. The number of benzene rings is 1. The van der Waals surface area contributed by atoms with E-state index in [0.29, 0.717) is 17.8 Å². The van der Waals surface area contributed by atoms with Gasteiger partial charge in [-0.3, -0.25) is 4.79 Å². The Kier molecular flexibility index (Phi) is 2.88. The maximum atomic E-state index is 11.9. The fourth-order valence-corrected chi connectivity index (χ4v) is 1.65. The molecule has 0 saturated carbocycles. The molecule has 0 saturated heterocycles. The summed E-state index contributed by atoms with van der Waals surface area (Å²) in [5.41, 5.74) is 0.0462. The zero-order chi connectivity index (χ0) is 13.3. The van der Waals surface area contributed by atoms with Crippen LogP contribution in [0.2, 0.25) is 0 Å². The third kappa shape index (κ3) is 1.75. The van der Waals surface area contributed by atoms with E-state index in [1.165, 1.54) is 23.5 Å². The molecule has 7 nitrogen and oxygen atoms in total. The van der Waals surface area contributed by atoms with Gasteiger partial charge in [0.1, 0.15) is 0 Å². The monoisotopic (exact) mass is 248 g/mol. The van der Waals surface area contributed by atoms with Gasteiger partial charge in [-0.15, -0.1) is 0 Å². The second kappa shape index (κ2) is 4.36. The fourth-order valence-electron chi connectivity index (χ4n) is 1.65. The van der Waals surface area contributed by atoms with Gasteiger partial charge in [-0.25, -0.2) is 23.5 Å². The van der Waals surface area contributed by atoms with Crippen molar-refractivity contribution in [2.75, 3.05) is 5.32 Å². The van der Waals surface area contributed by atoms with Gasteiger partial charge in [0.25, 0.3) is 0 Å². The van der Waals surface area contributed by atoms with Crippen molar-refractivity contribution in [3.05, 3.63) is 45.2 Å². The second-order valence-corrected chi connectivity index (χ2v) is 3.76. The fraction of sp³-hybridized carbons (Fsp3) is 0.182. The largest absolute Gasteiger partial charge is 0.351 e. The van der Waals surface area contributed by atoms with Gasteiger partial charge in [0.05, 0.1) is 5.69 Å². The SMILES string of the molecule is Cn1c(=O)n(-c2cccc(NC=O)c2)c(=O)n1C. The van der Waals surface area contributed by atoms with E-state index < -0.39 is 11.4 Å². The van der Waals surface area contributed by atoms with Crippen LogP contribution in [0.25, 0.3) is 5.69 Å². The van der Waals surface area contributed by atoms with Crippen LogP contribution in [0.1, 0.15) is 0 Å². The highest BCUT2D eigenvalue weighted by molar-refractivity contribution is 5.72. The number of aromatic nitrogens is 3. The van der Waals surface area contributed by atoms with Gasteiger partial charge in [0.2, 0.25) is 6.41 Å². The first-order valence-electron chi connectivity index (χ1n) is 5.22. The van der Waals surface area contributed by atoms with Crippen molar-refractivity contribution in [3.8, 4) is 5.69 Å². The van der Waals surface area contributed by atoms with Crippen LogP contribution in [-0.4, -0.2) is 20.3 Å². The molecule has 1 aromatic heterocycles. The molecular formula is C11H12N4O3. The van der Waals surface area contributed by atoms with Gasteiger partial charge in [0, 0.05) is 19.8 Å². The minimum Gasteiger partial charge on any atom is -0.329 e. The van der Waals surface area contributed by atoms with E-state index in [0.717, 1.165) is 4.57 Å². The molecule has 1 heterocycles. The van der Waals surface area contributed by atoms with Crippen LogP contribution >= 0.6 is 0 Å². The zero-order valence-electron chi connectivity index (χ0n) is 9.95. The Morgan fingerprint density at radius 3 is 2.28 bits per heavy atom. The molecule has 2 aromatic rings. The molecule has 1 N–H and O–H groups in total. The first-order valence-corrected chi connectivity index (χ1v) is 5.22. The van der Waals surface area contributed by atoms with Crippen molar-refractivity contribution in [1.29, 1.82) is 0 Å². The maximum Gasteiger partial charge on any atom is 0.351 e. The van der Waals surface area contributed by atoms with E-state index in [1.54, 1.807) is 24.3 Å². The molecule has 7 heteroatoms. The van der Waals surface area contributed by atoms with Crippen LogP contribution in [0.3, 0.4) is 0 Å². The van der Waals surface area contributed by atoms with E-state index >= 15 is 0 Å². The number of rotatable bonds is 3.